The average Bonchev–Trinajstić information content (AvgIpc) is 2.24. The molecule has 17 unspecified atom stereocenters. The van der Waals surface area contributed by atoms with Gasteiger partial charge in [-0.15, -0.1) is 0 Å². The molecule has 0 aromatic heterocycles. The maximum absolute atomic E-state index is 13.3. The van der Waals surface area contributed by atoms with Crippen molar-refractivity contribution in [1.29, 1.82) is 0 Å². The van der Waals surface area contributed by atoms with Gasteiger partial charge in [0.1, 0.15) is 73.2 Å². The lowest BCUT2D eigenvalue weighted by atomic mass is 9.96. The third-order valence-electron chi connectivity index (χ3n) is 15.9. The number of aliphatic hydroxyl groups is 11. The molecule has 3 aliphatic rings. The highest BCUT2D eigenvalue weighted by Gasteiger charge is 2.53. The number of amides is 1. The van der Waals surface area contributed by atoms with Gasteiger partial charge in [0.05, 0.1) is 38.6 Å². The molecule has 3 heterocycles. The molecule has 0 aromatic rings. The Balaban J connectivity index is 1.49. The van der Waals surface area contributed by atoms with Gasteiger partial charge in [-0.1, -0.05) is 208 Å². The Labute approximate surface area is 514 Å². The summed E-state index contributed by atoms with van der Waals surface area (Å²) in [5.74, 6) is -0.344. The van der Waals surface area contributed by atoms with Crippen LogP contribution in [0.4, 0.5) is 0 Å². The molecule has 0 bridgehead atoms. The number of hydrogen-bond acceptors (Lipinski definition) is 18. The van der Waals surface area contributed by atoms with Gasteiger partial charge in [0.15, 0.2) is 18.9 Å². The zero-order valence-corrected chi connectivity index (χ0v) is 52.0. The topological polar surface area (TPSA) is 307 Å². The molecule has 1 amide bonds. The van der Waals surface area contributed by atoms with Crippen LogP contribution in [0, 0.1) is 0 Å². The molecule has 19 heteroatoms. The van der Waals surface area contributed by atoms with Crippen molar-refractivity contribution < 1.29 is 89.4 Å². The number of ether oxygens (including phenoxy) is 6. The maximum Gasteiger partial charge on any atom is 0.220 e. The summed E-state index contributed by atoms with van der Waals surface area (Å²) in [5.41, 5.74) is 0. The van der Waals surface area contributed by atoms with Crippen LogP contribution in [0.1, 0.15) is 200 Å². The zero-order valence-electron chi connectivity index (χ0n) is 52.0. The van der Waals surface area contributed by atoms with E-state index in [1.807, 2.05) is 18.2 Å². The molecular weight excluding hydrogens is 1110 g/mol. The van der Waals surface area contributed by atoms with Crippen LogP contribution in [-0.2, 0) is 33.2 Å². The molecule has 0 spiro atoms. The van der Waals surface area contributed by atoms with E-state index < -0.39 is 131 Å². The number of nitrogens with one attached hydrogen (secondary N) is 1. The van der Waals surface area contributed by atoms with Crippen molar-refractivity contribution in [3.05, 3.63) is 85.1 Å². The van der Waals surface area contributed by atoms with Gasteiger partial charge in [-0.2, -0.15) is 0 Å². The molecule has 19 nitrogen and oxygen atoms in total. The summed E-state index contributed by atoms with van der Waals surface area (Å²) in [4.78, 5) is 13.3. The molecule has 0 radical (unpaired) electrons. The predicted molar refractivity (Wildman–Crippen MR) is 332 cm³/mol. The maximum atomic E-state index is 13.3. The summed E-state index contributed by atoms with van der Waals surface area (Å²) in [6.45, 7) is 1.55. The fraction of sp³-hybridized carbons (Fsp3) is 0.776. The van der Waals surface area contributed by atoms with Crippen molar-refractivity contribution in [3.63, 3.8) is 0 Å². The Morgan fingerprint density at radius 2 is 0.814 bits per heavy atom. The first-order valence-corrected chi connectivity index (χ1v) is 32.8. The Morgan fingerprint density at radius 1 is 0.430 bits per heavy atom. The highest BCUT2D eigenvalue weighted by Crippen LogP contribution is 2.33. The number of hydrogen-bond donors (Lipinski definition) is 12. The lowest BCUT2D eigenvalue weighted by molar-refractivity contribution is -0.379. The van der Waals surface area contributed by atoms with Crippen LogP contribution in [0.15, 0.2) is 85.1 Å². The molecule has 0 saturated carbocycles. The zero-order chi connectivity index (χ0) is 62.6. The quantitative estimate of drug-likeness (QED) is 0.0207. The molecular formula is C67H115NO18. The van der Waals surface area contributed by atoms with Gasteiger partial charge in [-0.3, -0.25) is 4.79 Å². The minimum Gasteiger partial charge on any atom is -0.394 e. The fourth-order valence-electron chi connectivity index (χ4n) is 10.6. The summed E-state index contributed by atoms with van der Waals surface area (Å²) in [7, 11) is 0. The predicted octanol–water partition coefficient (Wildman–Crippen LogP) is 7.54. The van der Waals surface area contributed by atoms with Crippen LogP contribution >= 0.6 is 0 Å². The summed E-state index contributed by atoms with van der Waals surface area (Å²) < 4.78 is 34.2. The Bertz CT molecular complexity index is 1890. The van der Waals surface area contributed by atoms with Crippen molar-refractivity contribution in [2.24, 2.45) is 0 Å². The molecule has 3 aliphatic heterocycles. The number of carbonyl (C=O) groups excluding carboxylic acids is 1. The molecule has 0 aromatic carbocycles. The van der Waals surface area contributed by atoms with E-state index in [-0.39, 0.29) is 12.3 Å². The summed E-state index contributed by atoms with van der Waals surface area (Å²) in [6, 6.07) is -1.03. The lowest BCUT2D eigenvalue weighted by Crippen LogP contribution is -2.66. The van der Waals surface area contributed by atoms with Crippen molar-refractivity contribution in [3.8, 4) is 0 Å². The van der Waals surface area contributed by atoms with E-state index in [9.17, 15) is 61.0 Å². The van der Waals surface area contributed by atoms with E-state index in [1.54, 1.807) is 6.08 Å². The second kappa shape index (κ2) is 48.8. The normalized spacial score (nSPS) is 29.3. The number of allylic oxidation sites excluding steroid dienone is 13. The number of unbranched alkanes of at least 4 members (excludes halogenated alkanes) is 20. The van der Waals surface area contributed by atoms with Crippen molar-refractivity contribution in [2.75, 3.05) is 26.4 Å². The SMILES string of the molecule is CC/C=C\C/C=C\C/C=C\C/C=C\C/C=C\CCCC(=O)NC(COC1OC(CO)C(OC2OC(CO)C(OC3OC(CO)C(O)C(O)C3O)C(O)C2O)C(O)C1O)C(O)/C=C/CC/C=C/CCCCCCCCCCCCCCCCCCCC. The first-order valence-electron chi connectivity index (χ1n) is 32.8. The molecule has 12 N–H and O–H groups in total. The minimum absolute atomic E-state index is 0.153. The minimum atomic E-state index is -1.99. The first kappa shape index (κ1) is 77.2. The number of carbonyl (C=O) groups is 1. The van der Waals surface area contributed by atoms with Crippen LogP contribution in [0.5, 0.6) is 0 Å². The molecule has 3 saturated heterocycles. The van der Waals surface area contributed by atoms with Crippen LogP contribution < -0.4 is 5.32 Å². The van der Waals surface area contributed by atoms with Crippen molar-refractivity contribution >= 4 is 5.91 Å². The van der Waals surface area contributed by atoms with Crippen molar-refractivity contribution in [1.82, 2.24) is 5.32 Å². The Hall–Kier alpha value is -3.03. The molecule has 0 aliphatic carbocycles. The van der Waals surface area contributed by atoms with Gasteiger partial charge < -0.3 is 89.9 Å². The third kappa shape index (κ3) is 31.1. The summed E-state index contributed by atoms with van der Waals surface area (Å²) in [5, 5.41) is 120. The molecule has 17 atom stereocenters. The highest BCUT2D eigenvalue weighted by atomic mass is 16.8. The summed E-state index contributed by atoms with van der Waals surface area (Å²) in [6.07, 6.45) is 34.3. The van der Waals surface area contributed by atoms with Gasteiger partial charge in [0, 0.05) is 6.42 Å². The highest BCUT2D eigenvalue weighted by molar-refractivity contribution is 5.76. The average molecular weight is 1220 g/mol. The van der Waals surface area contributed by atoms with E-state index in [4.69, 9.17) is 28.4 Å². The van der Waals surface area contributed by atoms with Crippen LogP contribution in [-0.4, -0.2) is 193 Å². The third-order valence-corrected chi connectivity index (χ3v) is 15.9. The number of aliphatic hydroxyl groups excluding tert-OH is 11. The van der Waals surface area contributed by atoms with Gasteiger partial charge in [-0.25, -0.2) is 0 Å². The van der Waals surface area contributed by atoms with Crippen LogP contribution in [0.3, 0.4) is 0 Å². The van der Waals surface area contributed by atoms with E-state index in [1.165, 1.54) is 109 Å². The number of rotatable bonds is 48. The van der Waals surface area contributed by atoms with E-state index >= 15 is 0 Å². The van der Waals surface area contributed by atoms with Crippen LogP contribution in [0.25, 0.3) is 0 Å². The Kier molecular flexibility index (Phi) is 43.8. The van der Waals surface area contributed by atoms with E-state index in [0.29, 0.717) is 19.3 Å². The van der Waals surface area contributed by atoms with Gasteiger partial charge in [0.25, 0.3) is 0 Å². The largest absolute Gasteiger partial charge is 0.394 e. The van der Waals surface area contributed by atoms with Gasteiger partial charge in [0.2, 0.25) is 5.91 Å². The second-order valence-electron chi connectivity index (χ2n) is 23.2. The smallest absolute Gasteiger partial charge is 0.220 e. The molecule has 3 fully saturated rings. The first-order chi connectivity index (χ1) is 41.8. The Morgan fingerprint density at radius 3 is 1.30 bits per heavy atom. The van der Waals surface area contributed by atoms with Gasteiger partial charge in [-0.05, 0) is 70.6 Å². The standard InChI is InChI=1S/C67H115NO18/c1-3-5-7-9-11-13-15-17-19-21-22-23-24-25-26-27-29-30-32-34-36-38-40-42-44-51(72)50(68-55(73)45-43-41-39-37-35-33-31-28-20-18-16-14-12-10-8-6-4-2)49-81-65-61(79)58(76)63(53(47-70)83-65)86-67-62(80)59(77)64(54(48-71)84-67)85-66-60(78)57(75)56(74)52(46-69)82-66/h6,8,12,14,18,20,31,33-34,36-37,39,42,44,50-54,56-67,69-72,74-80H,3-5,7,9-11,13,15-17,19,21-30,32,35,38,40-41,43,45-49H2,1-2H3,(H,68,73)/b8-6-,14-12-,20-18-,33-31-,36-34+,39-37-,44-42+. The van der Waals surface area contributed by atoms with Crippen LogP contribution in [0.2, 0.25) is 0 Å². The molecule has 86 heavy (non-hydrogen) atoms. The second-order valence-corrected chi connectivity index (χ2v) is 23.2. The monoisotopic (exact) mass is 1220 g/mol. The lowest BCUT2D eigenvalue weighted by Gasteiger charge is -2.48. The fourth-order valence-corrected chi connectivity index (χ4v) is 10.6. The van der Waals surface area contributed by atoms with E-state index in [0.717, 1.165) is 51.4 Å². The van der Waals surface area contributed by atoms with Gasteiger partial charge >= 0.3 is 0 Å². The summed E-state index contributed by atoms with van der Waals surface area (Å²) >= 11 is 0. The van der Waals surface area contributed by atoms with E-state index in [2.05, 4.69) is 79.9 Å². The molecule has 496 valence electrons. The molecule has 3 rings (SSSR count). The van der Waals surface area contributed by atoms with Crippen molar-refractivity contribution in [2.45, 2.75) is 304 Å².